The largest absolute Gasteiger partial charge is 0.487 e. The van der Waals surface area contributed by atoms with Crippen LogP contribution in [0.25, 0.3) is 11.1 Å². The summed E-state index contributed by atoms with van der Waals surface area (Å²) in [6.07, 6.45) is 5.01. The summed E-state index contributed by atoms with van der Waals surface area (Å²) in [5, 5.41) is 2.95. The molecule has 1 aliphatic heterocycles. The van der Waals surface area contributed by atoms with Gasteiger partial charge >= 0.3 is 0 Å². The fraction of sp³-hybridized carbons (Fsp3) is 0.227. The van der Waals surface area contributed by atoms with Crippen LogP contribution in [0, 0.1) is 0 Å². The number of nitrogens with zero attached hydrogens (tertiary/aromatic N) is 2. The zero-order chi connectivity index (χ0) is 19.3. The summed E-state index contributed by atoms with van der Waals surface area (Å²) in [6, 6.07) is 15.5. The molecule has 1 aromatic heterocycles. The maximum absolute atomic E-state index is 12.6. The Hall–Kier alpha value is -3.25. The summed E-state index contributed by atoms with van der Waals surface area (Å²) < 4.78 is 11.5. The minimum absolute atomic E-state index is 0.127. The standard InChI is InChI=1S/C22H21N3O3/c1-27-21(15-6-3-2-4-7-15)22(26)25-13-18-10-16-8-5-9-19(20(16)28-18)17-11-23-14-24-12-17/h2-9,11-12,14,18,21H,10,13H2,1H3,(H,25,26)/t18-,21+/m0/s1. The highest BCUT2D eigenvalue weighted by Gasteiger charge is 2.27. The molecule has 1 amide bonds. The van der Waals surface area contributed by atoms with E-state index < -0.39 is 6.10 Å². The summed E-state index contributed by atoms with van der Waals surface area (Å²) in [5.74, 6) is 0.660. The SMILES string of the molecule is CO[C@@H](C(=O)NC[C@@H]1Cc2cccc(-c3cncnc3)c2O1)c1ccccc1. The molecule has 6 heteroatoms. The average Bonchev–Trinajstić information content (AvgIpc) is 3.17. The third-order valence-electron chi connectivity index (χ3n) is 4.78. The van der Waals surface area contributed by atoms with Gasteiger partial charge in [-0.3, -0.25) is 4.79 Å². The van der Waals surface area contributed by atoms with Crippen molar-refractivity contribution in [3.8, 4) is 16.9 Å². The van der Waals surface area contributed by atoms with Crippen LogP contribution in [0.5, 0.6) is 5.75 Å². The second-order valence-electron chi connectivity index (χ2n) is 6.64. The van der Waals surface area contributed by atoms with Crippen LogP contribution in [0.3, 0.4) is 0 Å². The highest BCUT2D eigenvalue weighted by Crippen LogP contribution is 2.38. The molecule has 1 aliphatic rings. The van der Waals surface area contributed by atoms with Gasteiger partial charge in [-0.25, -0.2) is 9.97 Å². The number of benzene rings is 2. The first-order chi connectivity index (χ1) is 13.8. The van der Waals surface area contributed by atoms with Crippen molar-refractivity contribution < 1.29 is 14.3 Å². The van der Waals surface area contributed by atoms with Crippen molar-refractivity contribution in [1.29, 1.82) is 0 Å². The molecular weight excluding hydrogens is 354 g/mol. The van der Waals surface area contributed by atoms with Crippen molar-refractivity contribution in [2.24, 2.45) is 0 Å². The number of fused-ring (bicyclic) bond motifs is 1. The van der Waals surface area contributed by atoms with Gasteiger partial charge in [0.2, 0.25) is 0 Å². The van der Waals surface area contributed by atoms with Gasteiger partial charge in [0.15, 0.2) is 6.10 Å². The van der Waals surface area contributed by atoms with Crippen LogP contribution in [-0.2, 0) is 16.0 Å². The van der Waals surface area contributed by atoms with E-state index in [1.54, 1.807) is 12.4 Å². The van der Waals surface area contributed by atoms with E-state index in [4.69, 9.17) is 9.47 Å². The van der Waals surface area contributed by atoms with Gasteiger partial charge < -0.3 is 14.8 Å². The first-order valence-corrected chi connectivity index (χ1v) is 9.15. The predicted molar refractivity (Wildman–Crippen MR) is 105 cm³/mol. The highest BCUT2D eigenvalue weighted by atomic mass is 16.5. The number of carbonyl (C=O) groups is 1. The topological polar surface area (TPSA) is 73.3 Å². The van der Waals surface area contributed by atoms with Gasteiger partial charge in [0, 0.05) is 37.1 Å². The molecule has 0 spiro atoms. The third-order valence-corrected chi connectivity index (χ3v) is 4.78. The quantitative estimate of drug-likeness (QED) is 0.717. The minimum Gasteiger partial charge on any atom is -0.487 e. The van der Waals surface area contributed by atoms with E-state index >= 15 is 0 Å². The lowest BCUT2D eigenvalue weighted by atomic mass is 10.0. The van der Waals surface area contributed by atoms with Crippen LogP contribution in [0.2, 0.25) is 0 Å². The number of carbonyl (C=O) groups excluding carboxylic acids is 1. The molecular formula is C22H21N3O3. The Bertz CT molecular complexity index is 948. The summed E-state index contributed by atoms with van der Waals surface area (Å²) in [7, 11) is 1.54. The summed E-state index contributed by atoms with van der Waals surface area (Å²) in [4.78, 5) is 20.8. The summed E-state index contributed by atoms with van der Waals surface area (Å²) >= 11 is 0. The molecule has 2 aromatic carbocycles. The van der Waals surface area contributed by atoms with Crippen molar-refractivity contribution in [2.45, 2.75) is 18.6 Å². The maximum Gasteiger partial charge on any atom is 0.253 e. The Kier molecular flexibility index (Phi) is 5.30. The number of aromatic nitrogens is 2. The smallest absolute Gasteiger partial charge is 0.253 e. The van der Waals surface area contributed by atoms with E-state index in [9.17, 15) is 4.79 Å². The first kappa shape index (κ1) is 18.1. The van der Waals surface area contributed by atoms with Crippen LogP contribution in [0.1, 0.15) is 17.2 Å². The number of para-hydroxylation sites is 1. The van der Waals surface area contributed by atoms with E-state index in [0.29, 0.717) is 6.54 Å². The second-order valence-corrected chi connectivity index (χ2v) is 6.64. The number of rotatable bonds is 6. The van der Waals surface area contributed by atoms with Gasteiger partial charge in [0.25, 0.3) is 5.91 Å². The zero-order valence-electron chi connectivity index (χ0n) is 15.5. The number of hydrogen-bond donors (Lipinski definition) is 1. The number of hydrogen-bond acceptors (Lipinski definition) is 5. The average molecular weight is 375 g/mol. The van der Waals surface area contributed by atoms with Gasteiger partial charge in [-0.05, 0) is 11.1 Å². The van der Waals surface area contributed by atoms with Gasteiger partial charge in [-0.2, -0.15) is 0 Å². The zero-order valence-corrected chi connectivity index (χ0v) is 15.5. The van der Waals surface area contributed by atoms with Crippen LogP contribution >= 0.6 is 0 Å². The molecule has 6 nitrogen and oxygen atoms in total. The number of methoxy groups -OCH3 is 1. The second kappa shape index (κ2) is 8.19. The maximum atomic E-state index is 12.6. The van der Waals surface area contributed by atoms with Crippen LogP contribution in [-0.4, -0.2) is 35.6 Å². The van der Waals surface area contributed by atoms with Crippen molar-refractivity contribution in [3.05, 3.63) is 78.4 Å². The van der Waals surface area contributed by atoms with Crippen molar-refractivity contribution in [2.75, 3.05) is 13.7 Å². The fourth-order valence-corrected chi connectivity index (χ4v) is 3.45. The number of nitrogens with one attached hydrogen (secondary N) is 1. The molecule has 0 bridgehead atoms. The van der Waals surface area contributed by atoms with Gasteiger partial charge in [-0.15, -0.1) is 0 Å². The molecule has 1 N–H and O–H groups in total. The van der Waals surface area contributed by atoms with Gasteiger partial charge in [0.05, 0.1) is 6.54 Å². The van der Waals surface area contributed by atoms with Crippen LogP contribution in [0.4, 0.5) is 0 Å². The molecule has 142 valence electrons. The number of ether oxygens (including phenoxy) is 2. The molecule has 2 atom stereocenters. The van der Waals surface area contributed by atoms with Crippen LogP contribution in [0.15, 0.2) is 67.3 Å². The molecule has 0 saturated heterocycles. The molecule has 0 fully saturated rings. The lowest BCUT2D eigenvalue weighted by Crippen LogP contribution is -2.37. The highest BCUT2D eigenvalue weighted by molar-refractivity contribution is 5.82. The Labute approximate surface area is 163 Å². The van der Waals surface area contributed by atoms with Crippen molar-refractivity contribution in [3.63, 3.8) is 0 Å². The molecule has 0 saturated carbocycles. The molecule has 2 heterocycles. The fourth-order valence-electron chi connectivity index (χ4n) is 3.45. The summed E-state index contributed by atoms with van der Waals surface area (Å²) in [5.41, 5.74) is 3.81. The van der Waals surface area contributed by atoms with E-state index in [1.165, 1.54) is 13.4 Å². The normalized spacial score (nSPS) is 16.1. The Balaban J connectivity index is 1.42. The van der Waals surface area contributed by atoms with E-state index in [1.807, 2.05) is 48.5 Å². The number of amides is 1. The predicted octanol–water partition coefficient (Wildman–Crippen LogP) is 2.95. The van der Waals surface area contributed by atoms with Crippen molar-refractivity contribution >= 4 is 5.91 Å². The van der Waals surface area contributed by atoms with Gasteiger partial charge in [-0.1, -0.05) is 48.5 Å². The third kappa shape index (κ3) is 3.73. The molecule has 0 unspecified atom stereocenters. The molecule has 28 heavy (non-hydrogen) atoms. The van der Waals surface area contributed by atoms with Crippen molar-refractivity contribution in [1.82, 2.24) is 15.3 Å². The van der Waals surface area contributed by atoms with E-state index in [0.717, 1.165) is 34.4 Å². The lowest BCUT2D eigenvalue weighted by molar-refractivity contribution is -0.131. The molecule has 3 aromatic rings. The summed E-state index contributed by atoms with van der Waals surface area (Å²) in [6.45, 7) is 0.408. The lowest BCUT2D eigenvalue weighted by Gasteiger charge is -2.18. The first-order valence-electron chi connectivity index (χ1n) is 9.15. The molecule has 4 rings (SSSR count). The van der Waals surface area contributed by atoms with Gasteiger partial charge in [0.1, 0.15) is 18.2 Å². The Morgan fingerprint density at radius 3 is 2.71 bits per heavy atom. The Morgan fingerprint density at radius 2 is 1.96 bits per heavy atom. The molecule has 0 aliphatic carbocycles. The van der Waals surface area contributed by atoms with Crippen LogP contribution < -0.4 is 10.1 Å². The Morgan fingerprint density at radius 1 is 1.18 bits per heavy atom. The van der Waals surface area contributed by atoms with E-state index in [-0.39, 0.29) is 12.0 Å². The van der Waals surface area contributed by atoms with E-state index in [2.05, 4.69) is 15.3 Å². The minimum atomic E-state index is -0.637. The molecule has 0 radical (unpaired) electrons. The monoisotopic (exact) mass is 375 g/mol.